The summed E-state index contributed by atoms with van der Waals surface area (Å²) in [4.78, 5) is 10.6. The molecule has 1 rings (SSSR count). The molecular formula is C20H38O3. The number of carboxylic acids is 1. The lowest BCUT2D eigenvalue weighted by Gasteiger charge is -2.03. The summed E-state index contributed by atoms with van der Waals surface area (Å²) in [5.41, 5.74) is 0. The summed E-state index contributed by atoms with van der Waals surface area (Å²) in [6.45, 7) is 2.27. The molecule has 3 nitrogen and oxygen atoms in total. The zero-order valence-electron chi connectivity index (χ0n) is 15.2. The van der Waals surface area contributed by atoms with Crippen LogP contribution in [0.5, 0.6) is 0 Å². The van der Waals surface area contributed by atoms with Crippen LogP contribution in [0.15, 0.2) is 0 Å². The number of epoxide rings is 1. The predicted molar refractivity (Wildman–Crippen MR) is 95.8 cm³/mol. The van der Waals surface area contributed by atoms with Gasteiger partial charge in [-0.2, -0.15) is 0 Å². The maximum Gasteiger partial charge on any atom is 0.335 e. The van der Waals surface area contributed by atoms with Crippen molar-refractivity contribution in [2.75, 3.05) is 0 Å². The third kappa shape index (κ3) is 11.6. The van der Waals surface area contributed by atoms with E-state index < -0.39 is 12.1 Å². The first-order valence-electron chi connectivity index (χ1n) is 10.1. The summed E-state index contributed by atoms with van der Waals surface area (Å²) in [5.74, 6) is -0.795. The lowest BCUT2D eigenvalue weighted by Crippen LogP contribution is -2.07. The Morgan fingerprint density at radius 1 is 0.739 bits per heavy atom. The van der Waals surface area contributed by atoms with Crippen LogP contribution in [0.3, 0.4) is 0 Å². The van der Waals surface area contributed by atoms with Crippen LogP contribution in [0.4, 0.5) is 0 Å². The van der Waals surface area contributed by atoms with E-state index in [2.05, 4.69) is 6.92 Å². The van der Waals surface area contributed by atoms with Crippen LogP contribution < -0.4 is 0 Å². The van der Waals surface area contributed by atoms with Crippen molar-refractivity contribution in [3.8, 4) is 0 Å². The van der Waals surface area contributed by atoms with Gasteiger partial charge in [0.05, 0.1) is 6.10 Å². The molecule has 3 heteroatoms. The van der Waals surface area contributed by atoms with Crippen LogP contribution in [0.1, 0.15) is 110 Å². The molecule has 1 saturated heterocycles. The van der Waals surface area contributed by atoms with Gasteiger partial charge in [0.25, 0.3) is 0 Å². The van der Waals surface area contributed by atoms with E-state index in [1.54, 1.807) is 0 Å². The van der Waals surface area contributed by atoms with Crippen LogP contribution in [-0.4, -0.2) is 23.3 Å². The lowest BCUT2D eigenvalue weighted by atomic mass is 10.0. The molecule has 2 unspecified atom stereocenters. The van der Waals surface area contributed by atoms with Gasteiger partial charge in [-0.15, -0.1) is 0 Å². The quantitative estimate of drug-likeness (QED) is 0.259. The van der Waals surface area contributed by atoms with Gasteiger partial charge in [-0.3, -0.25) is 0 Å². The van der Waals surface area contributed by atoms with Gasteiger partial charge in [0.2, 0.25) is 0 Å². The highest BCUT2D eigenvalue weighted by molar-refractivity contribution is 5.75. The van der Waals surface area contributed by atoms with Crippen LogP contribution in [-0.2, 0) is 9.53 Å². The average molecular weight is 327 g/mol. The van der Waals surface area contributed by atoms with Crippen molar-refractivity contribution in [3.63, 3.8) is 0 Å². The van der Waals surface area contributed by atoms with Crippen LogP contribution in [0.2, 0.25) is 0 Å². The number of unbranched alkanes of at least 4 members (excludes halogenated alkanes) is 14. The zero-order valence-corrected chi connectivity index (χ0v) is 15.2. The molecule has 0 bridgehead atoms. The maximum absolute atomic E-state index is 10.6. The number of hydrogen-bond donors (Lipinski definition) is 1. The van der Waals surface area contributed by atoms with E-state index in [9.17, 15) is 4.79 Å². The Morgan fingerprint density at radius 3 is 1.48 bits per heavy atom. The van der Waals surface area contributed by atoms with Gasteiger partial charge in [-0.25, -0.2) is 4.79 Å². The minimum Gasteiger partial charge on any atom is -0.479 e. The minimum absolute atomic E-state index is 0.00877. The molecule has 1 N–H and O–H groups in total. The monoisotopic (exact) mass is 326 g/mol. The summed E-state index contributed by atoms with van der Waals surface area (Å²) >= 11 is 0. The molecular weight excluding hydrogens is 288 g/mol. The first kappa shape index (κ1) is 20.5. The van der Waals surface area contributed by atoms with Crippen LogP contribution in [0, 0.1) is 0 Å². The van der Waals surface area contributed by atoms with Gasteiger partial charge in [0.1, 0.15) is 0 Å². The second-order valence-corrected chi connectivity index (χ2v) is 7.17. The Balaban J connectivity index is 1.67. The highest BCUT2D eigenvalue weighted by Gasteiger charge is 2.44. The van der Waals surface area contributed by atoms with E-state index in [-0.39, 0.29) is 6.10 Å². The van der Waals surface area contributed by atoms with E-state index in [1.807, 2.05) is 0 Å². The van der Waals surface area contributed by atoms with Crippen molar-refractivity contribution < 1.29 is 14.6 Å². The van der Waals surface area contributed by atoms with Gasteiger partial charge >= 0.3 is 5.97 Å². The van der Waals surface area contributed by atoms with Crippen molar-refractivity contribution in [1.29, 1.82) is 0 Å². The molecule has 1 fully saturated rings. The Hall–Kier alpha value is -0.570. The van der Waals surface area contributed by atoms with Gasteiger partial charge in [0, 0.05) is 0 Å². The van der Waals surface area contributed by atoms with Gasteiger partial charge < -0.3 is 9.84 Å². The molecule has 0 aliphatic carbocycles. The maximum atomic E-state index is 10.6. The second kappa shape index (κ2) is 13.8. The highest BCUT2D eigenvalue weighted by atomic mass is 16.6. The highest BCUT2D eigenvalue weighted by Crippen LogP contribution is 2.27. The standard InChI is InChI=1S/C20H38O3/c1-2-3-4-5-6-7-8-9-10-11-12-13-14-15-16-17-18-19(23-18)20(21)22/h18-19H,2-17H2,1H3,(H,21,22). The summed E-state index contributed by atoms with van der Waals surface area (Å²) in [6, 6.07) is 0. The summed E-state index contributed by atoms with van der Waals surface area (Å²) < 4.78 is 5.10. The number of carbonyl (C=O) groups is 1. The Labute approximate surface area is 143 Å². The SMILES string of the molecule is CCCCCCCCCCCCCCCCCC1OC1C(=O)O. The van der Waals surface area contributed by atoms with E-state index >= 15 is 0 Å². The fourth-order valence-electron chi connectivity index (χ4n) is 3.30. The summed E-state index contributed by atoms with van der Waals surface area (Å²) in [6.07, 6.45) is 20.9. The lowest BCUT2D eigenvalue weighted by molar-refractivity contribution is -0.138. The van der Waals surface area contributed by atoms with Crippen LogP contribution >= 0.6 is 0 Å². The van der Waals surface area contributed by atoms with Gasteiger partial charge in [-0.1, -0.05) is 103 Å². The topological polar surface area (TPSA) is 49.8 Å². The number of rotatable bonds is 17. The molecule has 2 atom stereocenters. The first-order valence-corrected chi connectivity index (χ1v) is 10.1. The average Bonchev–Trinajstić information content (AvgIpc) is 3.31. The smallest absolute Gasteiger partial charge is 0.335 e. The molecule has 0 spiro atoms. The largest absolute Gasteiger partial charge is 0.479 e. The summed E-state index contributed by atoms with van der Waals surface area (Å²) in [5, 5.41) is 8.72. The van der Waals surface area contributed by atoms with Crippen molar-refractivity contribution in [2.45, 2.75) is 122 Å². The van der Waals surface area contributed by atoms with E-state index in [0.29, 0.717) is 0 Å². The predicted octanol–water partition coefficient (Wildman–Crippen LogP) is 6.10. The van der Waals surface area contributed by atoms with Crippen molar-refractivity contribution in [3.05, 3.63) is 0 Å². The van der Waals surface area contributed by atoms with Crippen molar-refractivity contribution in [1.82, 2.24) is 0 Å². The minimum atomic E-state index is -0.795. The van der Waals surface area contributed by atoms with E-state index in [1.165, 1.54) is 89.9 Å². The van der Waals surface area contributed by atoms with Gasteiger partial charge in [-0.05, 0) is 6.42 Å². The molecule has 0 radical (unpaired) electrons. The van der Waals surface area contributed by atoms with Crippen molar-refractivity contribution >= 4 is 5.97 Å². The zero-order chi connectivity index (χ0) is 16.8. The van der Waals surface area contributed by atoms with Crippen molar-refractivity contribution in [2.24, 2.45) is 0 Å². The third-order valence-corrected chi connectivity index (χ3v) is 4.92. The molecule has 23 heavy (non-hydrogen) atoms. The molecule has 0 saturated carbocycles. The number of carboxylic acid groups (broad SMARTS) is 1. The number of hydrogen-bond acceptors (Lipinski definition) is 2. The van der Waals surface area contributed by atoms with E-state index in [4.69, 9.17) is 9.84 Å². The molecule has 0 aromatic rings. The molecule has 0 aromatic heterocycles. The second-order valence-electron chi connectivity index (χ2n) is 7.17. The van der Waals surface area contributed by atoms with Crippen LogP contribution in [0.25, 0.3) is 0 Å². The fourth-order valence-corrected chi connectivity index (χ4v) is 3.30. The molecule has 1 heterocycles. The molecule has 136 valence electrons. The number of ether oxygens (including phenoxy) is 1. The fraction of sp³-hybridized carbons (Fsp3) is 0.950. The van der Waals surface area contributed by atoms with E-state index in [0.717, 1.165) is 12.8 Å². The first-order chi connectivity index (χ1) is 11.3. The van der Waals surface area contributed by atoms with Gasteiger partial charge in [0.15, 0.2) is 6.10 Å². The molecule has 0 aromatic carbocycles. The Morgan fingerprint density at radius 2 is 1.13 bits per heavy atom. The Bertz CT molecular complexity index is 291. The molecule has 1 aliphatic heterocycles. The Kier molecular flexibility index (Phi) is 12.3. The third-order valence-electron chi connectivity index (χ3n) is 4.92. The molecule has 0 amide bonds. The summed E-state index contributed by atoms with van der Waals surface area (Å²) in [7, 11) is 0. The molecule has 1 aliphatic rings. The normalized spacial score (nSPS) is 19.9. The number of aliphatic carboxylic acids is 1.